The summed E-state index contributed by atoms with van der Waals surface area (Å²) in [6.45, 7) is 4.31. The number of piperazine rings is 1. The molecule has 0 radical (unpaired) electrons. The molecule has 2 aliphatic rings. The topological polar surface area (TPSA) is 115 Å². The fraction of sp³-hybridized carbons (Fsp3) is 0.406. The van der Waals surface area contributed by atoms with Crippen molar-refractivity contribution in [3.63, 3.8) is 0 Å². The first-order valence-corrected chi connectivity index (χ1v) is 16.8. The van der Waals surface area contributed by atoms with Crippen LogP contribution in [0.25, 0.3) is 5.65 Å². The minimum Gasteiger partial charge on any atom is -0.355 e. The lowest BCUT2D eigenvalue weighted by molar-refractivity contribution is 0.206. The largest absolute Gasteiger partial charge is 0.355 e. The SMILES string of the molecule is CN1CCN(c2cccc3nc(CN(C)[C@H]4CCCc5cccnc54)c(CNC(=O)NS(=O)(=O)Cc4ccccc4)n23)CC1. The number of anilines is 1. The normalized spacial score (nSPS) is 17.5. The Morgan fingerprint density at radius 2 is 1.82 bits per heavy atom. The van der Waals surface area contributed by atoms with Crippen molar-refractivity contribution in [3.05, 3.63) is 95.1 Å². The number of rotatable bonds is 9. The van der Waals surface area contributed by atoms with Crippen LogP contribution in [-0.2, 0) is 35.3 Å². The summed E-state index contributed by atoms with van der Waals surface area (Å²) in [7, 11) is 0.341. The van der Waals surface area contributed by atoms with E-state index in [-0.39, 0.29) is 18.3 Å². The van der Waals surface area contributed by atoms with E-state index in [0.29, 0.717) is 12.1 Å². The number of fused-ring (bicyclic) bond motifs is 2. The first kappa shape index (κ1) is 30.0. The van der Waals surface area contributed by atoms with Crippen molar-refractivity contribution in [2.45, 2.75) is 44.1 Å². The summed E-state index contributed by atoms with van der Waals surface area (Å²) in [4.78, 5) is 29.7. The van der Waals surface area contributed by atoms with Crippen LogP contribution < -0.4 is 14.9 Å². The van der Waals surface area contributed by atoms with Crippen LogP contribution in [0.5, 0.6) is 0 Å². The number of aromatic nitrogens is 3. The Morgan fingerprint density at radius 1 is 1.02 bits per heavy atom. The molecule has 0 spiro atoms. The first-order chi connectivity index (χ1) is 21.3. The number of nitrogens with one attached hydrogen (secondary N) is 2. The van der Waals surface area contributed by atoms with Gasteiger partial charge in [-0.05, 0) is 62.7 Å². The number of nitrogens with zero attached hydrogens (tertiary/aromatic N) is 6. The predicted octanol–water partition coefficient (Wildman–Crippen LogP) is 3.32. The summed E-state index contributed by atoms with van der Waals surface area (Å²) in [5.74, 6) is 0.729. The molecule has 6 rings (SSSR count). The maximum Gasteiger partial charge on any atom is 0.328 e. The maximum atomic E-state index is 13.0. The van der Waals surface area contributed by atoms with Gasteiger partial charge in [-0.2, -0.15) is 0 Å². The number of likely N-dealkylation sites (N-methyl/N-ethyl adjacent to an activating group) is 1. The van der Waals surface area contributed by atoms with E-state index < -0.39 is 16.1 Å². The quantitative estimate of drug-likeness (QED) is 0.295. The van der Waals surface area contributed by atoms with Gasteiger partial charge in [0.2, 0.25) is 10.0 Å². The highest BCUT2D eigenvalue weighted by Gasteiger charge is 2.28. The van der Waals surface area contributed by atoms with Gasteiger partial charge in [0.1, 0.15) is 11.5 Å². The number of sulfonamides is 1. The monoisotopic (exact) mass is 616 g/mol. The molecule has 2 N–H and O–H groups in total. The van der Waals surface area contributed by atoms with Crippen LogP contribution in [-0.4, -0.2) is 78.9 Å². The standard InChI is InChI=1S/C32H40N8O3S/c1-37-17-19-39(20-18-37)30-15-7-14-29-35-26(22-38(2)27-13-6-11-25-12-8-16-33-31(25)27)28(40(29)30)21-34-32(41)36-44(42,43)23-24-9-4-3-5-10-24/h3-5,7-10,12,14-16,27H,6,11,13,17-23H2,1-2H3,(H2,34,36,41)/t27-/m0/s1. The van der Waals surface area contributed by atoms with Crippen molar-refractivity contribution in [2.75, 3.05) is 45.2 Å². The molecule has 12 heteroatoms. The van der Waals surface area contributed by atoms with E-state index in [1.807, 2.05) is 30.5 Å². The lowest BCUT2D eigenvalue weighted by Crippen LogP contribution is -2.45. The van der Waals surface area contributed by atoms with Crippen LogP contribution in [0.4, 0.5) is 10.6 Å². The summed E-state index contributed by atoms with van der Waals surface area (Å²) in [6, 6.07) is 18.4. The van der Waals surface area contributed by atoms with Gasteiger partial charge < -0.3 is 15.1 Å². The zero-order chi connectivity index (χ0) is 30.7. The molecule has 4 heterocycles. The number of pyridine rings is 2. The first-order valence-electron chi connectivity index (χ1n) is 15.2. The molecule has 0 unspecified atom stereocenters. The van der Waals surface area contributed by atoms with Crippen molar-refractivity contribution in [1.82, 2.24) is 34.2 Å². The summed E-state index contributed by atoms with van der Waals surface area (Å²) in [5.41, 5.74) is 5.47. The number of imidazole rings is 1. The van der Waals surface area contributed by atoms with Gasteiger partial charge in [-0.15, -0.1) is 0 Å². The van der Waals surface area contributed by atoms with E-state index in [2.05, 4.69) is 55.4 Å². The highest BCUT2D eigenvalue weighted by molar-refractivity contribution is 7.89. The number of carbonyl (C=O) groups is 1. The van der Waals surface area contributed by atoms with E-state index in [0.717, 1.165) is 74.0 Å². The Bertz CT molecular complexity index is 1720. The van der Waals surface area contributed by atoms with Gasteiger partial charge in [-0.25, -0.2) is 22.9 Å². The number of hydrogen-bond acceptors (Lipinski definition) is 8. The van der Waals surface area contributed by atoms with Gasteiger partial charge in [-0.3, -0.25) is 14.3 Å². The molecule has 1 atom stereocenters. The van der Waals surface area contributed by atoms with Crippen LogP contribution in [0, 0.1) is 0 Å². The maximum absolute atomic E-state index is 13.0. The molecule has 1 fully saturated rings. The van der Waals surface area contributed by atoms with Crippen LogP contribution in [0.3, 0.4) is 0 Å². The summed E-state index contributed by atoms with van der Waals surface area (Å²) in [5, 5.41) is 2.82. The van der Waals surface area contributed by atoms with Gasteiger partial charge in [0.25, 0.3) is 0 Å². The number of amides is 2. The van der Waals surface area contributed by atoms with Gasteiger partial charge in [-0.1, -0.05) is 42.5 Å². The second kappa shape index (κ2) is 12.9. The molecule has 1 saturated heterocycles. The smallest absolute Gasteiger partial charge is 0.328 e. The molecule has 4 aromatic rings. The van der Waals surface area contributed by atoms with E-state index >= 15 is 0 Å². The highest BCUT2D eigenvalue weighted by Crippen LogP contribution is 2.33. The van der Waals surface area contributed by atoms with Crippen LogP contribution in [0.2, 0.25) is 0 Å². The number of aryl methyl sites for hydroxylation is 1. The zero-order valence-electron chi connectivity index (χ0n) is 25.3. The van der Waals surface area contributed by atoms with E-state index in [4.69, 9.17) is 9.97 Å². The highest BCUT2D eigenvalue weighted by atomic mass is 32.2. The molecule has 1 aromatic carbocycles. The second-order valence-corrected chi connectivity index (χ2v) is 13.5. The Kier molecular flexibility index (Phi) is 8.83. The minimum atomic E-state index is -3.88. The zero-order valence-corrected chi connectivity index (χ0v) is 26.1. The number of urea groups is 1. The molecular weight excluding hydrogens is 576 g/mol. The average Bonchev–Trinajstić information content (AvgIpc) is 3.37. The Balaban J connectivity index is 1.27. The van der Waals surface area contributed by atoms with Gasteiger partial charge in [0.05, 0.1) is 35.4 Å². The van der Waals surface area contributed by atoms with Crippen molar-refractivity contribution >= 4 is 27.5 Å². The third-order valence-corrected chi connectivity index (χ3v) is 9.80. The lowest BCUT2D eigenvalue weighted by atomic mass is 9.91. The number of hydrogen-bond donors (Lipinski definition) is 2. The van der Waals surface area contributed by atoms with Crippen molar-refractivity contribution in [1.29, 1.82) is 0 Å². The molecule has 3 aromatic heterocycles. The lowest BCUT2D eigenvalue weighted by Gasteiger charge is -2.34. The minimum absolute atomic E-state index is 0.112. The molecule has 1 aliphatic heterocycles. The van der Waals surface area contributed by atoms with Gasteiger partial charge >= 0.3 is 6.03 Å². The fourth-order valence-electron chi connectivity index (χ4n) is 6.30. The molecule has 11 nitrogen and oxygen atoms in total. The van der Waals surface area contributed by atoms with Crippen LogP contribution >= 0.6 is 0 Å². The Hall–Kier alpha value is -4.00. The average molecular weight is 617 g/mol. The molecule has 2 amide bonds. The fourth-order valence-corrected chi connectivity index (χ4v) is 7.36. The van der Waals surface area contributed by atoms with E-state index in [1.54, 1.807) is 24.3 Å². The second-order valence-electron chi connectivity index (χ2n) is 11.8. The van der Waals surface area contributed by atoms with Crippen molar-refractivity contribution < 1.29 is 13.2 Å². The van der Waals surface area contributed by atoms with Gasteiger partial charge in [0.15, 0.2) is 0 Å². The van der Waals surface area contributed by atoms with Crippen molar-refractivity contribution in [2.24, 2.45) is 0 Å². The molecule has 0 saturated carbocycles. The Labute approximate surface area is 259 Å². The van der Waals surface area contributed by atoms with Crippen LogP contribution in [0.1, 0.15) is 47.1 Å². The third kappa shape index (κ3) is 6.72. The summed E-state index contributed by atoms with van der Waals surface area (Å²) < 4.78 is 29.8. The van der Waals surface area contributed by atoms with E-state index in [9.17, 15) is 13.2 Å². The predicted molar refractivity (Wildman–Crippen MR) is 171 cm³/mol. The summed E-state index contributed by atoms with van der Waals surface area (Å²) >= 11 is 0. The van der Waals surface area contributed by atoms with Gasteiger partial charge in [0, 0.05) is 38.9 Å². The number of carbonyl (C=O) groups excluding carboxylic acids is 1. The molecule has 44 heavy (non-hydrogen) atoms. The third-order valence-electron chi connectivity index (χ3n) is 8.59. The van der Waals surface area contributed by atoms with E-state index in [1.165, 1.54) is 5.56 Å². The molecule has 232 valence electrons. The Morgan fingerprint density at radius 3 is 2.61 bits per heavy atom. The molecule has 1 aliphatic carbocycles. The molecule has 0 bridgehead atoms. The van der Waals surface area contributed by atoms with Crippen LogP contribution in [0.15, 0.2) is 66.9 Å². The van der Waals surface area contributed by atoms with Crippen molar-refractivity contribution in [3.8, 4) is 0 Å². The summed E-state index contributed by atoms with van der Waals surface area (Å²) in [6.07, 6.45) is 5.00. The molecular formula is C32H40N8O3S. The number of benzene rings is 1.